The van der Waals surface area contributed by atoms with Gasteiger partial charge in [0.05, 0.1) is 0 Å². The molecule has 0 unspecified atom stereocenters. The molecule has 1 fully saturated rings. The fourth-order valence-electron chi connectivity index (χ4n) is 3.38. The Kier molecular flexibility index (Phi) is 7.13. The Labute approximate surface area is 173 Å². The van der Waals surface area contributed by atoms with Crippen LogP contribution in [0.2, 0.25) is 27.9 Å². The van der Waals surface area contributed by atoms with Gasteiger partial charge < -0.3 is 0 Å². The van der Waals surface area contributed by atoms with Crippen LogP contribution in [0.1, 0.15) is 32.8 Å². The minimum absolute atomic E-state index is 0.187. The Hall–Kier alpha value is -0.424. The number of H-pyrrole nitrogens is 1. The third-order valence-electron chi connectivity index (χ3n) is 4.72. The molecule has 1 radical (unpaired) electrons. The molecule has 0 spiro atoms. The summed E-state index contributed by atoms with van der Waals surface area (Å²) in [6.45, 7) is 12.5. The van der Waals surface area contributed by atoms with Crippen LogP contribution in [0.4, 0.5) is 0 Å². The van der Waals surface area contributed by atoms with E-state index in [-0.39, 0.29) is 23.4 Å². The maximum absolute atomic E-state index is 12.7. The summed E-state index contributed by atoms with van der Waals surface area (Å²) in [6.07, 6.45) is 1.74. The van der Waals surface area contributed by atoms with Crippen LogP contribution in [0.25, 0.3) is 0 Å². The summed E-state index contributed by atoms with van der Waals surface area (Å²) in [5.41, 5.74) is -0.648. The van der Waals surface area contributed by atoms with Gasteiger partial charge in [-0.25, -0.2) is 0 Å². The van der Waals surface area contributed by atoms with Crippen molar-refractivity contribution in [3.8, 4) is 0 Å². The average Bonchev–Trinajstić information content (AvgIpc) is 2.86. The molecule has 1 aromatic rings. The van der Waals surface area contributed by atoms with Crippen molar-refractivity contribution in [1.82, 2.24) is 9.55 Å². The summed E-state index contributed by atoms with van der Waals surface area (Å²) in [5, 5.41) is -0.798. The fourth-order valence-corrected chi connectivity index (χ4v) is 6.92. The molecule has 2 rings (SSSR count). The molecular weight excluding hydrogens is 483 g/mol. The average molecular weight is 518 g/mol. The number of rotatable bonds is 6. The van der Waals surface area contributed by atoms with Crippen LogP contribution in [-0.2, 0) is 17.9 Å². The van der Waals surface area contributed by atoms with E-state index in [0.717, 1.165) is 0 Å². The molecule has 1 aromatic heterocycles. The van der Waals surface area contributed by atoms with Crippen LogP contribution in [0.15, 0.2) is 15.8 Å². The predicted octanol–water partition coefficient (Wildman–Crippen LogP) is 2.62. The van der Waals surface area contributed by atoms with E-state index < -0.39 is 38.6 Å². The molecule has 0 saturated carbocycles. The molecule has 0 aromatic carbocycles. The van der Waals surface area contributed by atoms with E-state index in [4.69, 9.17) is 12.5 Å². The minimum atomic E-state index is -2.47. The van der Waals surface area contributed by atoms with E-state index in [0.29, 0.717) is 18.6 Å². The molecule has 1 aliphatic heterocycles. The Morgan fingerprint density at radius 2 is 1.93 bits per heavy atom. The van der Waals surface area contributed by atoms with Gasteiger partial charge in [-0.1, -0.05) is 0 Å². The van der Waals surface area contributed by atoms with Gasteiger partial charge in [0.25, 0.3) is 0 Å². The first-order valence-electron chi connectivity index (χ1n) is 9.78. The van der Waals surface area contributed by atoms with Crippen LogP contribution in [-0.4, -0.2) is 61.6 Å². The topological polar surface area (TPSA) is 82.6 Å². The van der Waals surface area contributed by atoms with E-state index in [1.165, 1.54) is 0 Å². The molecule has 1 N–H and O–H groups in total. The number of hydrogen-bond donors (Lipinski definition) is 1. The van der Waals surface area contributed by atoms with Gasteiger partial charge in [0.2, 0.25) is 0 Å². The van der Waals surface area contributed by atoms with Gasteiger partial charge in [0, 0.05) is 0 Å². The molecule has 9 heteroatoms. The Balaban J connectivity index is 2.49. The molecule has 3 atom stereocenters. The number of nitrogens with one attached hydrogen (secondary N) is 1. The molecule has 159 valence electrons. The number of aromatic nitrogens is 2. The SMILES string of the molecule is Cc1cn([C@@]2([Si](C)C)C[C@H](OC(C)(C)C)[C@@H](C[O][Sn]([CH3])([CH3])[CH3])O2)c(=O)[nH]c1=O. The van der Waals surface area contributed by atoms with Crippen LogP contribution >= 0.6 is 0 Å². The van der Waals surface area contributed by atoms with Gasteiger partial charge in [0.15, 0.2) is 0 Å². The van der Waals surface area contributed by atoms with E-state index in [1.807, 2.05) is 20.8 Å². The molecule has 0 bridgehead atoms. The first-order valence-corrected chi connectivity index (χ1v) is 22.0. The van der Waals surface area contributed by atoms with Gasteiger partial charge in [-0.15, -0.1) is 0 Å². The number of aromatic amines is 1. The zero-order valence-electron chi connectivity index (χ0n) is 18.6. The second kappa shape index (κ2) is 8.37. The van der Waals surface area contributed by atoms with Crippen molar-refractivity contribution in [3.05, 3.63) is 32.6 Å². The third kappa shape index (κ3) is 5.59. The first-order chi connectivity index (χ1) is 12.6. The van der Waals surface area contributed by atoms with Gasteiger partial charge in [-0.2, -0.15) is 0 Å². The van der Waals surface area contributed by atoms with Crippen LogP contribution in [0.5, 0.6) is 0 Å². The fraction of sp³-hybridized carbons (Fsp3) is 0.789. The predicted molar refractivity (Wildman–Crippen MR) is 115 cm³/mol. The van der Waals surface area contributed by atoms with E-state index in [1.54, 1.807) is 17.7 Å². The summed E-state index contributed by atoms with van der Waals surface area (Å²) in [7, 11) is -1.15. The second-order valence-corrected chi connectivity index (χ2v) is 25.4. The summed E-state index contributed by atoms with van der Waals surface area (Å²) < 4.78 is 20.7. The van der Waals surface area contributed by atoms with E-state index >= 15 is 0 Å². The summed E-state index contributed by atoms with van der Waals surface area (Å²) in [6, 6.07) is 0. The molecular formula is C19H35N2O5SiSn. The second-order valence-electron chi connectivity index (χ2n) is 9.78. The standard InChI is InChI=1S/C16H26N2O5Si.3CH3.Sn/c1-10-8-18(14(21)17-13(10)20)16(24(5)6)7-11(12(9-19)23-16)22-15(2,3)4;;;;/h8,11-12H,7,9H2,1-6H3,(H,17,20,21);3*1H3;/q-1;;;;+1/t11-,12+,16-;;;;/m0..../s1. The molecule has 28 heavy (non-hydrogen) atoms. The molecule has 1 saturated heterocycles. The van der Waals surface area contributed by atoms with Crippen molar-refractivity contribution < 1.29 is 12.5 Å². The van der Waals surface area contributed by atoms with Crippen molar-refractivity contribution in [3.63, 3.8) is 0 Å². The van der Waals surface area contributed by atoms with Crippen LogP contribution < -0.4 is 11.2 Å². The normalized spacial score (nSPS) is 26.2. The van der Waals surface area contributed by atoms with Gasteiger partial charge in [-0.05, 0) is 0 Å². The van der Waals surface area contributed by atoms with Crippen molar-refractivity contribution in [2.45, 2.75) is 85.2 Å². The van der Waals surface area contributed by atoms with Crippen LogP contribution in [0.3, 0.4) is 0 Å². The number of aryl methyl sites for hydroxylation is 1. The monoisotopic (exact) mass is 519 g/mol. The Morgan fingerprint density at radius 1 is 1.32 bits per heavy atom. The van der Waals surface area contributed by atoms with E-state index in [9.17, 15) is 9.59 Å². The summed E-state index contributed by atoms with van der Waals surface area (Å²) in [4.78, 5) is 33.6. The van der Waals surface area contributed by atoms with Gasteiger partial charge >= 0.3 is 174 Å². The van der Waals surface area contributed by atoms with Crippen molar-refractivity contribution in [1.29, 1.82) is 0 Å². The van der Waals surface area contributed by atoms with Crippen molar-refractivity contribution in [2.24, 2.45) is 0 Å². The Morgan fingerprint density at radius 3 is 2.43 bits per heavy atom. The molecule has 2 heterocycles. The summed E-state index contributed by atoms with van der Waals surface area (Å²) in [5.74, 6) is 0. The number of nitrogens with zero attached hydrogens (tertiary/aromatic N) is 1. The zero-order valence-corrected chi connectivity index (χ0v) is 22.5. The first kappa shape index (κ1) is 23.9. The van der Waals surface area contributed by atoms with E-state index in [2.05, 4.69) is 32.9 Å². The number of hydrogen-bond acceptors (Lipinski definition) is 5. The van der Waals surface area contributed by atoms with Crippen molar-refractivity contribution >= 4 is 27.6 Å². The molecule has 1 aliphatic rings. The molecule has 7 nitrogen and oxygen atoms in total. The molecule has 0 aliphatic carbocycles. The van der Waals surface area contributed by atoms with Crippen molar-refractivity contribution in [2.75, 3.05) is 6.61 Å². The number of ether oxygens (including phenoxy) is 2. The van der Waals surface area contributed by atoms with Crippen LogP contribution in [0, 0.1) is 6.92 Å². The third-order valence-corrected chi connectivity index (χ3v) is 9.79. The quantitative estimate of drug-likeness (QED) is 0.586. The Bertz CT molecular complexity index is 808. The van der Waals surface area contributed by atoms with Gasteiger partial charge in [-0.3, -0.25) is 0 Å². The summed E-state index contributed by atoms with van der Waals surface area (Å²) >= 11 is -2.47. The zero-order chi connectivity index (χ0) is 21.5. The maximum atomic E-state index is 12.7. The molecule has 0 amide bonds. The van der Waals surface area contributed by atoms with Gasteiger partial charge in [0.1, 0.15) is 0 Å².